The summed E-state index contributed by atoms with van der Waals surface area (Å²) >= 11 is 0. The smallest absolute Gasteiger partial charge is 0.289 e. The first-order valence-electron chi connectivity index (χ1n) is 6.17. The maximum Gasteiger partial charge on any atom is 0.289 e. The molecule has 0 spiro atoms. The van der Waals surface area contributed by atoms with Crippen LogP contribution in [0.25, 0.3) is 0 Å². The second-order valence-electron chi connectivity index (χ2n) is 4.49. The summed E-state index contributed by atoms with van der Waals surface area (Å²) < 4.78 is 23.4. The second-order valence-corrected chi connectivity index (χ2v) is 4.49. The van der Waals surface area contributed by atoms with Gasteiger partial charge in [-0.25, -0.2) is 4.39 Å². The molecule has 0 aliphatic rings. The zero-order chi connectivity index (χ0) is 14.5. The minimum atomic E-state index is -0.316. The molecule has 0 atom stereocenters. The topological polar surface area (TPSA) is 42.7 Å². The van der Waals surface area contributed by atoms with Gasteiger partial charge in [-0.3, -0.25) is 4.79 Å². The average Bonchev–Trinajstić information content (AvgIpc) is 2.87. The van der Waals surface area contributed by atoms with E-state index < -0.39 is 0 Å². The zero-order valence-electron chi connectivity index (χ0n) is 11.4. The highest BCUT2D eigenvalue weighted by Crippen LogP contribution is 2.13. The van der Waals surface area contributed by atoms with Gasteiger partial charge in [0, 0.05) is 20.7 Å². The lowest BCUT2D eigenvalue weighted by Crippen LogP contribution is -2.25. The second kappa shape index (κ2) is 6.34. The van der Waals surface area contributed by atoms with Crippen LogP contribution in [0.3, 0.4) is 0 Å². The highest BCUT2D eigenvalue weighted by atomic mass is 19.1. The fraction of sp³-hybridized carbons (Fsp3) is 0.267. The molecule has 4 nitrogen and oxygen atoms in total. The Bertz CT molecular complexity index is 594. The molecule has 0 unspecified atom stereocenters. The molecule has 1 heterocycles. The lowest BCUT2D eigenvalue weighted by atomic mass is 10.2. The minimum Gasteiger partial charge on any atom is -0.453 e. The number of furan rings is 1. The van der Waals surface area contributed by atoms with Crippen LogP contribution in [0.4, 0.5) is 4.39 Å². The number of nitrogens with zero attached hydrogens (tertiary/aromatic N) is 1. The minimum absolute atomic E-state index is 0.246. The molecule has 1 amide bonds. The Kier molecular flexibility index (Phi) is 4.53. The summed E-state index contributed by atoms with van der Waals surface area (Å²) in [5.41, 5.74) is 0.726. The maximum absolute atomic E-state index is 13.1. The standard InChI is InChI=1S/C15H16FNO3/c1-17(9-11-4-3-5-12(16)8-11)15(18)14-7-6-13(20-14)10-19-2/h3-8H,9-10H2,1-2H3. The van der Waals surface area contributed by atoms with Gasteiger partial charge >= 0.3 is 0 Å². The van der Waals surface area contributed by atoms with Crippen molar-refractivity contribution < 1.29 is 18.3 Å². The Morgan fingerprint density at radius 2 is 2.15 bits per heavy atom. The monoisotopic (exact) mass is 277 g/mol. The van der Waals surface area contributed by atoms with Crippen molar-refractivity contribution >= 4 is 5.91 Å². The van der Waals surface area contributed by atoms with Crippen molar-refractivity contribution in [3.63, 3.8) is 0 Å². The fourth-order valence-electron chi connectivity index (χ4n) is 1.88. The van der Waals surface area contributed by atoms with Gasteiger partial charge in [0.05, 0.1) is 0 Å². The number of carbonyl (C=O) groups excluding carboxylic acids is 1. The number of carbonyl (C=O) groups is 1. The highest BCUT2D eigenvalue weighted by Gasteiger charge is 2.16. The third kappa shape index (κ3) is 3.45. The Labute approximate surface area is 116 Å². The molecular weight excluding hydrogens is 261 g/mol. The van der Waals surface area contributed by atoms with E-state index in [1.807, 2.05) is 0 Å². The number of ether oxygens (including phenoxy) is 1. The van der Waals surface area contributed by atoms with Gasteiger partial charge in [0.2, 0.25) is 0 Å². The fourth-order valence-corrected chi connectivity index (χ4v) is 1.88. The van der Waals surface area contributed by atoms with Crippen molar-refractivity contribution in [1.29, 1.82) is 0 Å². The number of hydrogen-bond donors (Lipinski definition) is 0. The van der Waals surface area contributed by atoms with Gasteiger partial charge in [-0.05, 0) is 29.8 Å². The van der Waals surface area contributed by atoms with Crippen LogP contribution in [0.2, 0.25) is 0 Å². The zero-order valence-corrected chi connectivity index (χ0v) is 11.4. The van der Waals surface area contributed by atoms with Crippen LogP contribution in [-0.4, -0.2) is 25.0 Å². The lowest BCUT2D eigenvalue weighted by molar-refractivity contribution is 0.0745. The molecule has 2 rings (SSSR count). The van der Waals surface area contributed by atoms with Crippen molar-refractivity contribution in [3.05, 3.63) is 59.3 Å². The molecule has 0 aliphatic heterocycles. The molecular formula is C15H16FNO3. The molecule has 0 saturated heterocycles. The summed E-state index contributed by atoms with van der Waals surface area (Å²) in [5, 5.41) is 0. The predicted molar refractivity (Wildman–Crippen MR) is 71.6 cm³/mol. The van der Waals surface area contributed by atoms with Crippen LogP contribution in [0, 0.1) is 5.82 Å². The van der Waals surface area contributed by atoms with Crippen LogP contribution < -0.4 is 0 Å². The molecule has 5 heteroatoms. The van der Waals surface area contributed by atoms with Gasteiger partial charge in [0.15, 0.2) is 5.76 Å². The van der Waals surface area contributed by atoms with E-state index in [-0.39, 0.29) is 17.5 Å². The summed E-state index contributed by atoms with van der Waals surface area (Å²) in [6.07, 6.45) is 0. The normalized spacial score (nSPS) is 10.6. The first-order valence-corrected chi connectivity index (χ1v) is 6.17. The number of halogens is 1. The first-order chi connectivity index (χ1) is 9.60. The highest BCUT2D eigenvalue weighted by molar-refractivity contribution is 5.91. The van der Waals surface area contributed by atoms with E-state index in [4.69, 9.17) is 9.15 Å². The van der Waals surface area contributed by atoms with Gasteiger partial charge < -0.3 is 14.1 Å². The van der Waals surface area contributed by atoms with Gasteiger partial charge in [-0.1, -0.05) is 12.1 Å². The first kappa shape index (κ1) is 14.3. The van der Waals surface area contributed by atoms with E-state index in [1.165, 1.54) is 17.0 Å². The SMILES string of the molecule is COCc1ccc(C(=O)N(C)Cc2cccc(F)c2)o1. The van der Waals surface area contributed by atoms with Crippen LogP contribution in [0.1, 0.15) is 21.9 Å². The molecule has 0 aliphatic carbocycles. The van der Waals surface area contributed by atoms with E-state index in [9.17, 15) is 9.18 Å². The molecule has 0 saturated carbocycles. The van der Waals surface area contributed by atoms with Crippen molar-refractivity contribution in [2.45, 2.75) is 13.2 Å². The van der Waals surface area contributed by atoms with E-state index in [0.29, 0.717) is 18.9 Å². The van der Waals surface area contributed by atoms with Gasteiger partial charge in [-0.15, -0.1) is 0 Å². The van der Waals surface area contributed by atoms with E-state index in [2.05, 4.69) is 0 Å². The molecule has 20 heavy (non-hydrogen) atoms. The molecule has 2 aromatic rings. The van der Waals surface area contributed by atoms with Crippen LogP contribution in [0.15, 0.2) is 40.8 Å². The number of benzene rings is 1. The van der Waals surface area contributed by atoms with E-state index >= 15 is 0 Å². The Hall–Kier alpha value is -2.14. The van der Waals surface area contributed by atoms with Crippen molar-refractivity contribution in [2.75, 3.05) is 14.2 Å². The number of hydrogen-bond acceptors (Lipinski definition) is 3. The molecule has 106 valence electrons. The third-order valence-electron chi connectivity index (χ3n) is 2.81. The van der Waals surface area contributed by atoms with Gasteiger partial charge in [-0.2, -0.15) is 0 Å². The number of methoxy groups -OCH3 is 1. The quantitative estimate of drug-likeness (QED) is 0.844. The Morgan fingerprint density at radius 1 is 1.35 bits per heavy atom. The number of rotatable bonds is 5. The van der Waals surface area contributed by atoms with Gasteiger partial charge in [0.25, 0.3) is 5.91 Å². The summed E-state index contributed by atoms with van der Waals surface area (Å²) in [4.78, 5) is 13.6. The molecule has 0 radical (unpaired) electrons. The summed E-state index contributed by atoms with van der Waals surface area (Å²) in [7, 11) is 3.20. The van der Waals surface area contributed by atoms with Crippen molar-refractivity contribution in [1.82, 2.24) is 4.90 Å². The van der Waals surface area contributed by atoms with Crippen molar-refractivity contribution in [2.24, 2.45) is 0 Å². The average molecular weight is 277 g/mol. The van der Waals surface area contributed by atoms with Gasteiger partial charge in [0.1, 0.15) is 18.2 Å². The molecule has 0 N–H and O–H groups in total. The molecule has 0 bridgehead atoms. The third-order valence-corrected chi connectivity index (χ3v) is 2.81. The summed E-state index contributed by atoms with van der Waals surface area (Å²) in [6, 6.07) is 9.47. The Morgan fingerprint density at radius 3 is 2.85 bits per heavy atom. The summed E-state index contributed by atoms with van der Waals surface area (Å²) in [5.74, 6) is 0.270. The van der Waals surface area contributed by atoms with E-state index in [0.717, 1.165) is 5.56 Å². The van der Waals surface area contributed by atoms with Crippen LogP contribution in [-0.2, 0) is 17.9 Å². The summed E-state index contributed by atoms with van der Waals surface area (Å²) in [6.45, 7) is 0.637. The molecule has 0 fully saturated rings. The van der Waals surface area contributed by atoms with Crippen LogP contribution >= 0.6 is 0 Å². The maximum atomic E-state index is 13.1. The Balaban J connectivity index is 2.04. The molecule has 1 aromatic heterocycles. The largest absolute Gasteiger partial charge is 0.453 e. The van der Waals surface area contributed by atoms with E-state index in [1.54, 1.807) is 38.4 Å². The molecule has 1 aromatic carbocycles. The van der Waals surface area contributed by atoms with Crippen LogP contribution in [0.5, 0.6) is 0 Å². The number of amides is 1. The predicted octanol–water partition coefficient (Wildman–Crippen LogP) is 2.84. The van der Waals surface area contributed by atoms with Crippen molar-refractivity contribution in [3.8, 4) is 0 Å². The lowest BCUT2D eigenvalue weighted by Gasteiger charge is -2.15.